The quantitative estimate of drug-likeness (QED) is 0.357. The van der Waals surface area contributed by atoms with Crippen LogP contribution in [0.15, 0.2) is 12.2 Å². The molecule has 12 heavy (non-hydrogen) atoms. The van der Waals surface area contributed by atoms with Crippen molar-refractivity contribution in [1.29, 1.82) is 0 Å². The number of ketones is 1. The zero-order chi connectivity index (χ0) is 9.89. The van der Waals surface area contributed by atoms with Crippen molar-refractivity contribution in [3.63, 3.8) is 0 Å². The molecule has 0 aliphatic rings. The van der Waals surface area contributed by atoms with E-state index in [1.54, 1.807) is 27.9 Å². The number of carbonyl (C=O) groups excluding carboxylic acids is 2. The molecule has 0 saturated carbocycles. The highest BCUT2D eigenvalue weighted by molar-refractivity contribution is 6.19. The molecular formula is C9H15NO2. The van der Waals surface area contributed by atoms with Crippen LogP contribution in [0.1, 0.15) is 13.8 Å². The Balaban J connectivity index is 4.41. The van der Waals surface area contributed by atoms with Gasteiger partial charge in [0.25, 0.3) is 5.91 Å². The third-order valence-electron chi connectivity index (χ3n) is 1.49. The van der Waals surface area contributed by atoms with E-state index in [9.17, 15) is 9.59 Å². The molecule has 0 N–H and O–H groups in total. The topological polar surface area (TPSA) is 37.4 Å². The zero-order valence-electron chi connectivity index (χ0n) is 8.05. The molecule has 68 valence electrons. The van der Waals surface area contributed by atoms with Gasteiger partial charge in [-0.1, -0.05) is 20.4 Å². The number of amides is 1. The van der Waals surface area contributed by atoms with Crippen LogP contribution in [0.5, 0.6) is 0 Å². The van der Waals surface area contributed by atoms with E-state index in [0.717, 1.165) is 0 Å². The normalized spacial score (nSPS) is 9.75. The molecular weight excluding hydrogens is 154 g/mol. The first kappa shape index (κ1) is 10.9. The number of hydrogen-bond acceptors (Lipinski definition) is 2. The summed E-state index contributed by atoms with van der Waals surface area (Å²) in [5.74, 6) is -0.663. The van der Waals surface area contributed by atoms with Crippen LogP contribution in [0.4, 0.5) is 0 Å². The van der Waals surface area contributed by atoms with Crippen LogP contribution in [0.2, 0.25) is 0 Å². The average molecular weight is 169 g/mol. The smallest absolute Gasteiger partial charge is 0.256 e. The molecule has 0 aromatic carbocycles. The van der Waals surface area contributed by atoms with Crippen molar-refractivity contribution in [2.75, 3.05) is 14.1 Å². The summed E-state index contributed by atoms with van der Waals surface area (Å²) in [6, 6.07) is 0. The SMILES string of the molecule is C=C(C(=O)C(C)C)C(=O)N(C)C. The Morgan fingerprint density at radius 2 is 1.67 bits per heavy atom. The van der Waals surface area contributed by atoms with E-state index in [0.29, 0.717) is 0 Å². The second-order valence-electron chi connectivity index (χ2n) is 3.20. The zero-order valence-corrected chi connectivity index (χ0v) is 8.05. The Morgan fingerprint density at radius 1 is 1.25 bits per heavy atom. The molecule has 0 radical (unpaired) electrons. The minimum absolute atomic E-state index is 0.0648. The van der Waals surface area contributed by atoms with Crippen LogP contribution in [0.25, 0.3) is 0 Å². The molecule has 0 rings (SSSR count). The van der Waals surface area contributed by atoms with Crippen molar-refractivity contribution >= 4 is 11.7 Å². The van der Waals surface area contributed by atoms with Gasteiger partial charge in [-0.05, 0) is 0 Å². The van der Waals surface area contributed by atoms with Gasteiger partial charge in [0.05, 0.1) is 5.57 Å². The fourth-order valence-corrected chi connectivity index (χ4v) is 0.724. The van der Waals surface area contributed by atoms with Gasteiger partial charge in [-0.25, -0.2) is 0 Å². The van der Waals surface area contributed by atoms with Gasteiger partial charge >= 0.3 is 0 Å². The lowest BCUT2D eigenvalue weighted by atomic mass is 10.0. The predicted molar refractivity (Wildman–Crippen MR) is 47.7 cm³/mol. The largest absolute Gasteiger partial charge is 0.345 e. The fraction of sp³-hybridized carbons (Fsp3) is 0.556. The summed E-state index contributed by atoms with van der Waals surface area (Å²) in [4.78, 5) is 23.8. The van der Waals surface area contributed by atoms with Crippen LogP contribution in [0, 0.1) is 5.92 Å². The molecule has 0 aliphatic heterocycles. The fourth-order valence-electron chi connectivity index (χ4n) is 0.724. The van der Waals surface area contributed by atoms with Crippen LogP contribution in [0.3, 0.4) is 0 Å². The highest BCUT2D eigenvalue weighted by atomic mass is 16.2. The molecule has 0 spiro atoms. The number of carbonyl (C=O) groups is 2. The van der Waals surface area contributed by atoms with Crippen LogP contribution < -0.4 is 0 Å². The number of rotatable bonds is 3. The van der Waals surface area contributed by atoms with Crippen molar-refractivity contribution in [2.45, 2.75) is 13.8 Å². The van der Waals surface area contributed by atoms with E-state index in [1.807, 2.05) is 0 Å². The Bertz CT molecular complexity index is 195. The highest BCUT2D eigenvalue weighted by Gasteiger charge is 2.19. The Kier molecular flexibility index (Phi) is 3.67. The van der Waals surface area contributed by atoms with E-state index in [2.05, 4.69) is 6.58 Å². The lowest BCUT2D eigenvalue weighted by Gasteiger charge is -2.12. The van der Waals surface area contributed by atoms with Crippen molar-refractivity contribution in [3.8, 4) is 0 Å². The van der Waals surface area contributed by atoms with Crippen molar-refractivity contribution in [3.05, 3.63) is 12.2 Å². The number of likely N-dealkylation sites (N-methyl/N-ethyl adjacent to an activating group) is 1. The van der Waals surface area contributed by atoms with E-state index in [1.165, 1.54) is 4.90 Å². The Hall–Kier alpha value is -1.12. The van der Waals surface area contributed by atoms with Crippen molar-refractivity contribution < 1.29 is 9.59 Å². The Labute approximate surface area is 73.1 Å². The third-order valence-corrected chi connectivity index (χ3v) is 1.49. The molecule has 3 heteroatoms. The van der Waals surface area contributed by atoms with Crippen LogP contribution >= 0.6 is 0 Å². The second-order valence-corrected chi connectivity index (χ2v) is 3.20. The van der Waals surface area contributed by atoms with Gasteiger partial charge in [0, 0.05) is 20.0 Å². The maximum atomic E-state index is 11.2. The average Bonchev–Trinajstić information content (AvgIpc) is 2.00. The standard InChI is InChI=1S/C9H15NO2/c1-6(2)8(11)7(3)9(12)10(4)5/h6H,3H2,1-2,4-5H3. The number of hydrogen-bond donors (Lipinski definition) is 0. The molecule has 0 heterocycles. The molecule has 0 unspecified atom stereocenters. The summed E-state index contributed by atoms with van der Waals surface area (Å²) >= 11 is 0. The van der Waals surface area contributed by atoms with Gasteiger partial charge in [0.2, 0.25) is 0 Å². The van der Waals surface area contributed by atoms with Gasteiger partial charge in [-0.2, -0.15) is 0 Å². The summed E-state index contributed by atoms with van der Waals surface area (Å²) in [5.41, 5.74) is 0.0648. The van der Waals surface area contributed by atoms with Gasteiger partial charge < -0.3 is 4.90 Å². The summed E-state index contributed by atoms with van der Waals surface area (Å²) in [6.45, 7) is 6.95. The van der Waals surface area contributed by atoms with Gasteiger partial charge in [-0.15, -0.1) is 0 Å². The molecule has 3 nitrogen and oxygen atoms in total. The van der Waals surface area contributed by atoms with Crippen molar-refractivity contribution in [1.82, 2.24) is 4.90 Å². The molecule has 0 atom stereocenters. The number of nitrogens with zero attached hydrogens (tertiary/aromatic N) is 1. The lowest BCUT2D eigenvalue weighted by molar-refractivity contribution is -0.128. The molecule has 0 aliphatic carbocycles. The molecule has 0 aromatic heterocycles. The van der Waals surface area contributed by atoms with Gasteiger partial charge in [0.1, 0.15) is 0 Å². The van der Waals surface area contributed by atoms with Crippen molar-refractivity contribution in [2.24, 2.45) is 5.92 Å². The van der Waals surface area contributed by atoms with Gasteiger partial charge in [-0.3, -0.25) is 9.59 Å². The van der Waals surface area contributed by atoms with E-state index < -0.39 is 0 Å². The third kappa shape index (κ3) is 2.49. The summed E-state index contributed by atoms with van der Waals surface area (Å²) in [7, 11) is 3.20. The van der Waals surface area contributed by atoms with E-state index >= 15 is 0 Å². The second kappa shape index (κ2) is 4.04. The highest BCUT2D eigenvalue weighted by Crippen LogP contribution is 2.05. The molecule has 1 amide bonds. The first-order valence-corrected chi connectivity index (χ1v) is 3.82. The minimum Gasteiger partial charge on any atom is -0.345 e. The summed E-state index contributed by atoms with van der Waals surface area (Å²) in [6.07, 6.45) is 0. The molecule has 0 aromatic rings. The monoisotopic (exact) mass is 169 g/mol. The minimum atomic E-state index is -0.311. The first-order chi connectivity index (χ1) is 5.37. The summed E-state index contributed by atoms with van der Waals surface area (Å²) < 4.78 is 0. The van der Waals surface area contributed by atoms with E-state index in [4.69, 9.17) is 0 Å². The van der Waals surface area contributed by atoms with E-state index in [-0.39, 0.29) is 23.2 Å². The predicted octanol–water partition coefficient (Wildman–Crippen LogP) is 0.856. The Morgan fingerprint density at radius 3 is 1.92 bits per heavy atom. The maximum absolute atomic E-state index is 11.2. The first-order valence-electron chi connectivity index (χ1n) is 3.82. The van der Waals surface area contributed by atoms with Crippen LogP contribution in [-0.4, -0.2) is 30.7 Å². The number of Topliss-reactive ketones (excluding diaryl/α,β-unsaturated/α-hetero) is 1. The molecule has 0 bridgehead atoms. The maximum Gasteiger partial charge on any atom is 0.256 e. The summed E-state index contributed by atoms with van der Waals surface area (Å²) in [5, 5.41) is 0. The lowest BCUT2D eigenvalue weighted by Crippen LogP contribution is -2.28. The van der Waals surface area contributed by atoms with Gasteiger partial charge in [0.15, 0.2) is 5.78 Å². The molecule has 0 fully saturated rings. The molecule has 0 saturated heterocycles. The van der Waals surface area contributed by atoms with Crippen LogP contribution in [-0.2, 0) is 9.59 Å².